The van der Waals surface area contributed by atoms with Crippen LogP contribution in [0.3, 0.4) is 0 Å². The van der Waals surface area contributed by atoms with E-state index in [1.165, 1.54) is 11.1 Å². The first-order chi connectivity index (χ1) is 10.0. The van der Waals surface area contributed by atoms with Gasteiger partial charge in [0, 0.05) is 11.4 Å². The molecule has 0 saturated heterocycles. The van der Waals surface area contributed by atoms with Gasteiger partial charge in [0.15, 0.2) is 0 Å². The Hall–Kier alpha value is -2.09. The summed E-state index contributed by atoms with van der Waals surface area (Å²) in [6.07, 6.45) is 0.888. The van der Waals surface area contributed by atoms with E-state index in [9.17, 15) is 4.79 Å². The minimum absolute atomic E-state index is 0.437. The largest absolute Gasteiger partial charge is 0.284 e. The predicted molar refractivity (Wildman–Crippen MR) is 89.3 cm³/mol. The Bertz CT molecular complexity index is 576. The van der Waals surface area contributed by atoms with Crippen LogP contribution in [-0.4, -0.2) is 6.41 Å². The zero-order chi connectivity index (χ0) is 15.4. The highest BCUT2D eigenvalue weighted by molar-refractivity contribution is 5.86. The van der Waals surface area contributed by atoms with Gasteiger partial charge in [0.05, 0.1) is 0 Å². The second kappa shape index (κ2) is 6.57. The van der Waals surface area contributed by atoms with Gasteiger partial charge in [-0.15, -0.1) is 0 Å². The van der Waals surface area contributed by atoms with E-state index in [1.54, 1.807) is 4.90 Å². The summed E-state index contributed by atoms with van der Waals surface area (Å²) < 4.78 is 0. The number of hydrogen-bond donors (Lipinski definition) is 0. The molecule has 0 aliphatic heterocycles. The maximum absolute atomic E-state index is 11.6. The maximum Gasteiger partial charge on any atom is 0.218 e. The molecule has 0 radical (unpaired) electrons. The Kier molecular flexibility index (Phi) is 4.79. The fourth-order valence-electron chi connectivity index (χ4n) is 2.32. The second-order valence-corrected chi connectivity index (χ2v) is 5.98. The Morgan fingerprint density at radius 2 is 1.33 bits per heavy atom. The summed E-state index contributed by atoms with van der Waals surface area (Å²) in [5.41, 5.74) is 4.35. The molecule has 21 heavy (non-hydrogen) atoms. The zero-order valence-electron chi connectivity index (χ0n) is 13.2. The van der Waals surface area contributed by atoms with Crippen LogP contribution in [0.5, 0.6) is 0 Å². The number of carbonyl (C=O) groups is 1. The van der Waals surface area contributed by atoms with Crippen LogP contribution < -0.4 is 4.90 Å². The number of amides is 1. The number of benzene rings is 2. The molecule has 0 heterocycles. The van der Waals surface area contributed by atoms with Crippen LogP contribution in [0, 0.1) is 0 Å². The summed E-state index contributed by atoms with van der Waals surface area (Å²) in [4.78, 5) is 13.3. The average Bonchev–Trinajstić information content (AvgIpc) is 2.48. The van der Waals surface area contributed by atoms with Crippen LogP contribution in [0.25, 0.3) is 0 Å². The molecule has 0 N–H and O–H groups in total. The van der Waals surface area contributed by atoms with Crippen molar-refractivity contribution in [3.8, 4) is 0 Å². The molecule has 0 atom stereocenters. The number of anilines is 2. The molecule has 110 valence electrons. The maximum atomic E-state index is 11.6. The highest BCUT2D eigenvalue weighted by Gasteiger charge is 2.13. The van der Waals surface area contributed by atoms with Crippen molar-refractivity contribution in [3.05, 3.63) is 59.7 Å². The van der Waals surface area contributed by atoms with E-state index in [4.69, 9.17) is 0 Å². The van der Waals surface area contributed by atoms with E-state index in [1.807, 2.05) is 30.3 Å². The molecule has 0 fully saturated rings. The van der Waals surface area contributed by atoms with E-state index in [2.05, 4.69) is 45.9 Å². The summed E-state index contributed by atoms with van der Waals surface area (Å²) in [5.74, 6) is 0.874. The fourth-order valence-corrected chi connectivity index (χ4v) is 2.32. The Morgan fingerprint density at radius 3 is 1.76 bits per heavy atom. The molecule has 2 heteroatoms. The topological polar surface area (TPSA) is 20.3 Å². The van der Waals surface area contributed by atoms with Crippen LogP contribution in [0.15, 0.2) is 48.5 Å². The minimum atomic E-state index is 0.437. The van der Waals surface area contributed by atoms with Crippen molar-refractivity contribution in [2.24, 2.45) is 0 Å². The number of carbonyl (C=O) groups excluding carboxylic acids is 1. The normalized spacial score (nSPS) is 11.0. The van der Waals surface area contributed by atoms with Gasteiger partial charge < -0.3 is 0 Å². The molecule has 0 aliphatic carbocycles. The Morgan fingerprint density at radius 1 is 0.810 bits per heavy atom. The highest BCUT2D eigenvalue weighted by atomic mass is 16.1. The lowest BCUT2D eigenvalue weighted by Crippen LogP contribution is -2.14. The van der Waals surface area contributed by atoms with E-state index >= 15 is 0 Å². The third-order valence-corrected chi connectivity index (χ3v) is 3.71. The minimum Gasteiger partial charge on any atom is -0.284 e. The molecular weight excluding hydrogens is 258 g/mol. The number of hydrogen-bond acceptors (Lipinski definition) is 1. The van der Waals surface area contributed by atoms with Gasteiger partial charge in [-0.05, 0) is 47.2 Å². The van der Waals surface area contributed by atoms with E-state index in [0.717, 1.165) is 17.8 Å². The third-order valence-electron chi connectivity index (χ3n) is 3.71. The zero-order valence-corrected chi connectivity index (χ0v) is 13.2. The Labute approximate surface area is 127 Å². The SMILES string of the molecule is CC(C)c1cc(C(C)C)cc(N(C=O)c2ccccc2)c1. The quantitative estimate of drug-likeness (QED) is 0.687. The van der Waals surface area contributed by atoms with Gasteiger partial charge in [0.25, 0.3) is 0 Å². The van der Waals surface area contributed by atoms with Gasteiger partial charge in [-0.1, -0.05) is 52.0 Å². The molecule has 0 unspecified atom stereocenters. The highest BCUT2D eigenvalue weighted by Crippen LogP contribution is 2.31. The summed E-state index contributed by atoms with van der Waals surface area (Å²) >= 11 is 0. The van der Waals surface area contributed by atoms with Crippen molar-refractivity contribution in [2.75, 3.05) is 4.90 Å². The van der Waals surface area contributed by atoms with Gasteiger partial charge in [-0.2, -0.15) is 0 Å². The molecule has 1 amide bonds. The van der Waals surface area contributed by atoms with Gasteiger partial charge in [0.2, 0.25) is 6.41 Å². The lowest BCUT2D eigenvalue weighted by atomic mass is 9.94. The number of para-hydroxylation sites is 1. The van der Waals surface area contributed by atoms with Crippen LogP contribution >= 0.6 is 0 Å². The molecule has 0 aliphatic rings. The van der Waals surface area contributed by atoms with Gasteiger partial charge in [-0.3, -0.25) is 9.69 Å². The average molecular weight is 281 g/mol. The monoisotopic (exact) mass is 281 g/mol. The summed E-state index contributed by atoms with van der Waals surface area (Å²) in [6, 6.07) is 16.2. The summed E-state index contributed by atoms with van der Waals surface area (Å²) in [5, 5.41) is 0. The van der Waals surface area contributed by atoms with E-state index in [0.29, 0.717) is 11.8 Å². The van der Waals surface area contributed by atoms with Crippen LogP contribution in [-0.2, 0) is 4.79 Å². The summed E-state index contributed by atoms with van der Waals surface area (Å²) in [6.45, 7) is 8.71. The molecular formula is C19H23NO. The first kappa shape index (κ1) is 15.3. The van der Waals surface area contributed by atoms with E-state index in [-0.39, 0.29) is 0 Å². The standard InChI is InChI=1S/C19H23NO/c1-14(2)16-10-17(15(3)4)12-19(11-16)20(13-21)18-8-6-5-7-9-18/h5-15H,1-4H3. The number of nitrogens with zero attached hydrogens (tertiary/aromatic N) is 1. The van der Waals surface area contributed by atoms with Crippen molar-refractivity contribution >= 4 is 17.8 Å². The van der Waals surface area contributed by atoms with E-state index < -0.39 is 0 Å². The first-order valence-electron chi connectivity index (χ1n) is 7.47. The molecule has 2 aromatic carbocycles. The third kappa shape index (κ3) is 3.52. The fraction of sp³-hybridized carbons (Fsp3) is 0.316. The molecule has 0 saturated carbocycles. The van der Waals surface area contributed by atoms with Crippen LogP contribution in [0.1, 0.15) is 50.7 Å². The van der Waals surface area contributed by atoms with Gasteiger partial charge in [0.1, 0.15) is 0 Å². The molecule has 2 aromatic rings. The van der Waals surface area contributed by atoms with Crippen molar-refractivity contribution in [2.45, 2.75) is 39.5 Å². The molecule has 2 rings (SSSR count). The van der Waals surface area contributed by atoms with Gasteiger partial charge >= 0.3 is 0 Å². The Balaban J connectivity index is 2.52. The van der Waals surface area contributed by atoms with Gasteiger partial charge in [-0.25, -0.2) is 0 Å². The molecule has 0 spiro atoms. The smallest absolute Gasteiger partial charge is 0.218 e. The van der Waals surface area contributed by atoms with Crippen LogP contribution in [0.4, 0.5) is 11.4 Å². The van der Waals surface area contributed by atoms with Crippen molar-refractivity contribution in [1.29, 1.82) is 0 Å². The lowest BCUT2D eigenvalue weighted by Gasteiger charge is -2.21. The van der Waals surface area contributed by atoms with Crippen molar-refractivity contribution < 1.29 is 4.79 Å². The predicted octanol–water partition coefficient (Wildman–Crippen LogP) is 5.23. The van der Waals surface area contributed by atoms with Crippen LogP contribution in [0.2, 0.25) is 0 Å². The summed E-state index contributed by atoms with van der Waals surface area (Å²) in [7, 11) is 0. The molecule has 2 nitrogen and oxygen atoms in total. The first-order valence-corrected chi connectivity index (χ1v) is 7.47. The lowest BCUT2D eigenvalue weighted by molar-refractivity contribution is -0.106. The second-order valence-electron chi connectivity index (χ2n) is 5.98. The molecule has 0 bridgehead atoms. The van der Waals surface area contributed by atoms with Crippen molar-refractivity contribution in [3.63, 3.8) is 0 Å². The van der Waals surface area contributed by atoms with Crippen molar-refractivity contribution in [1.82, 2.24) is 0 Å². The number of rotatable bonds is 5. The molecule has 0 aromatic heterocycles.